The van der Waals surface area contributed by atoms with Crippen LogP contribution in [0.25, 0.3) is 0 Å². The molecule has 2 unspecified atom stereocenters. The van der Waals surface area contributed by atoms with E-state index in [1.165, 1.54) is 0 Å². The van der Waals surface area contributed by atoms with Crippen molar-refractivity contribution in [1.29, 1.82) is 0 Å². The fraction of sp³-hybridized carbons (Fsp3) is 0.923. The molecule has 10 N–H and O–H groups in total. The second kappa shape index (κ2) is 85.7. The van der Waals surface area contributed by atoms with Gasteiger partial charge in [0.25, 0.3) is 0 Å². The van der Waals surface area contributed by atoms with Crippen LogP contribution in [-0.4, -0.2) is 404 Å². The lowest BCUT2D eigenvalue weighted by Crippen LogP contribution is -2.58. The summed E-state index contributed by atoms with van der Waals surface area (Å²) in [6.07, 6.45) is 2.92. The van der Waals surface area contributed by atoms with E-state index in [1.54, 1.807) is 0 Å². The average Bonchev–Trinajstić information content (AvgIpc) is 0.834. The van der Waals surface area contributed by atoms with E-state index in [0.29, 0.717) is 290 Å². The highest BCUT2D eigenvalue weighted by Crippen LogP contribution is 2.42. The summed E-state index contributed by atoms with van der Waals surface area (Å²) < 4.78 is 132. The van der Waals surface area contributed by atoms with Gasteiger partial charge in [0.15, 0.2) is 0 Å². The standard InChI is InChI=1S/C78H154N8O30/c1-8-20-93-32-44-105-56-62-111-50-38-99-26-14-81-69(87)10-22-95-34-46-107-58-64-113-52-40-101-28-16-83-71(89)12-24-97-36-48-109-60-66-115-54-42-103-30-18-85-75(91)73(79)74(80)76(92)86-19-31-104-43-55-116-67-61-110-49-37-98-25-13-72(90)84-17-29-102-41-53-114-65-59-108-47-35-96-23-11-70(88)82-15-27-100-39-51-112-63-57-106-45-33-94-21-9-68(77(2,3)4)78(5,6)7/h68,73-74H,8-67,79-80H2,1-7H3,(H,81,87)(H,82,88)(H,83,89)(H,84,90)(H,85,91)(H,86,92). The number of carbonyl (C=O) groups is 6. The molecule has 0 aliphatic rings. The molecule has 0 aliphatic heterocycles. The first-order valence-corrected chi connectivity index (χ1v) is 41.4. The molecule has 0 aliphatic carbocycles. The van der Waals surface area contributed by atoms with Crippen LogP contribution in [0.1, 0.15) is 87.0 Å². The van der Waals surface area contributed by atoms with Crippen LogP contribution in [0.5, 0.6) is 0 Å². The summed E-state index contributed by atoms with van der Waals surface area (Å²) in [5.74, 6) is -1.15. The number of rotatable bonds is 92. The van der Waals surface area contributed by atoms with Gasteiger partial charge in [-0.05, 0) is 29.6 Å². The molecule has 686 valence electrons. The van der Waals surface area contributed by atoms with Crippen molar-refractivity contribution >= 4 is 35.4 Å². The first-order valence-electron chi connectivity index (χ1n) is 41.4. The lowest BCUT2D eigenvalue weighted by Gasteiger charge is -2.41. The van der Waals surface area contributed by atoms with Crippen LogP contribution in [0.3, 0.4) is 0 Å². The van der Waals surface area contributed by atoms with Crippen LogP contribution < -0.4 is 43.4 Å². The Hall–Kier alpha value is -4.22. The number of amides is 6. The van der Waals surface area contributed by atoms with Crippen molar-refractivity contribution in [2.45, 2.75) is 99.1 Å². The number of carbonyl (C=O) groups excluding carboxylic acids is 6. The first kappa shape index (κ1) is 112. The molecule has 0 bridgehead atoms. The van der Waals surface area contributed by atoms with Crippen molar-refractivity contribution in [3.05, 3.63) is 0 Å². The predicted molar refractivity (Wildman–Crippen MR) is 429 cm³/mol. The summed E-state index contributed by atoms with van der Waals surface area (Å²) in [5, 5.41) is 16.4. The molecular weight excluding hydrogens is 1530 g/mol. The van der Waals surface area contributed by atoms with E-state index in [0.717, 1.165) is 26.1 Å². The topological polar surface area (TPSA) is 448 Å². The Kier molecular flexibility index (Phi) is 82.6. The fourth-order valence-electron chi connectivity index (χ4n) is 10.2. The third-order valence-corrected chi connectivity index (χ3v) is 15.9. The number of ether oxygens (including phenoxy) is 24. The minimum atomic E-state index is -1.28. The minimum absolute atomic E-state index is 0.111. The molecule has 0 heterocycles. The van der Waals surface area contributed by atoms with Gasteiger partial charge in [-0.2, -0.15) is 0 Å². The number of nitrogens with two attached hydrogens (primary N) is 2. The number of hydrogen-bond acceptors (Lipinski definition) is 32. The van der Waals surface area contributed by atoms with Crippen molar-refractivity contribution in [2.75, 3.05) is 356 Å². The van der Waals surface area contributed by atoms with Crippen LogP contribution in [0.2, 0.25) is 0 Å². The van der Waals surface area contributed by atoms with E-state index in [4.69, 9.17) is 125 Å². The molecule has 116 heavy (non-hydrogen) atoms. The van der Waals surface area contributed by atoms with Crippen molar-refractivity contribution in [3.63, 3.8) is 0 Å². The Morgan fingerprint density at radius 3 is 0.534 bits per heavy atom. The summed E-state index contributed by atoms with van der Waals surface area (Å²) in [6, 6.07) is -2.56. The van der Waals surface area contributed by atoms with Crippen LogP contribution in [0.15, 0.2) is 0 Å². The zero-order valence-corrected chi connectivity index (χ0v) is 71.6. The average molecular weight is 1680 g/mol. The van der Waals surface area contributed by atoms with Gasteiger partial charge in [-0.25, -0.2) is 0 Å². The van der Waals surface area contributed by atoms with Crippen LogP contribution in [0, 0.1) is 16.7 Å². The van der Waals surface area contributed by atoms with Crippen molar-refractivity contribution in [3.8, 4) is 0 Å². The Bertz CT molecular complexity index is 2170. The summed E-state index contributed by atoms with van der Waals surface area (Å²) in [6.45, 7) is 36.6. The van der Waals surface area contributed by atoms with E-state index >= 15 is 0 Å². The Morgan fingerprint density at radius 1 is 0.216 bits per heavy atom. The van der Waals surface area contributed by atoms with E-state index in [1.807, 2.05) is 0 Å². The molecule has 0 saturated heterocycles. The molecular formula is C78H154N8O30. The third kappa shape index (κ3) is 82.1. The van der Waals surface area contributed by atoms with Crippen molar-refractivity contribution in [1.82, 2.24) is 31.9 Å². The maximum atomic E-state index is 12.5. The third-order valence-electron chi connectivity index (χ3n) is 15.9. The zero-order valence-electron chi connectivity index (χ0n) is 71.6. The summed E-state index contributed by atoms with van der Waals surface area (Å²) in [4.78, 5) is 73.1. The molecule has 0 rings (SSSR count). The molecule has 38 nitrogen and oxygen atoms in total. The van der Waals surface area contributed by atoms with E-state index in [2.05, 4.69) is 80.4 Å². The molecule has 0 spiro atoms. The van der Waals surface area contributed by atoms with Crippen molar-refractivity contribution < 1.29 is 142 Å². The van der Waals surface area contributed by atoms with Gasteiger partial charge in [0.05, 0.1) is 304 Å². The maximum absolute atomic E-state index is 12.5. The molecule has 0 aromatic rings. The van der Waals surface area contributed by atoms with Gasteiger partial charge in [-0.15, -0.1) is 0 Å². The monoisotopic (exact) mass is 1680 g/mol. The molecule has 38 heteroatoms. The lowest BCUT2D eigenvalue weighted by molar-refractivity contribution is -0.129. The Labute approximate surface area is 691 Å². The van der Waals surface area contributed by atoms with Gasteiger partial charge in [0.1, 0.15) is 12.1 Å². The smallest absolute Gasteiger partial charge is 0.239 e. The SMILES string of the molecule is CCCOCCOCCOCCOCCNC(=O)CCOCCOCCOCCOCCNC(=O)CCOCCOCCOCCOCCNC(=O)C(N)C(N)C(=O)NCCOCCOCCOCCOCCC(=O)NCCOCCOCCOCCOCCC(=O)NCCOCCOCCOCCOCCC(C(C)(C)C)C(C)(C)C. The molecule has 0 aromatic heterocycles. The number of nitrogens with one attached hydrogen (secondary N) is 6. The van der Waals surface area contributed by atoms with Crippen LogP contribution in [-0.2, 0) is 142 Å². The highest BCUT2D eigenvalue weighted by atomic mass is 16.6. The van der Waals surface area contributed by atoms with Gasteiger partial charge < -0.3 is 157 Å². The second-order valence-electron chi connectivity index (χ2n) is 27.8. The molecule has 2 atom stereocenters. The fourth-order valence-corrected chi connectivity index (χ4v) is 10.2. The highest BCUT2D eigenvalue weighted by molar-refractivity contribution is 5.92. The lowest BCUT2D eigenvalue weighted by atomic mass is 9.65. The van der Waals surface area contributed by atoms with E-state index < -0.39 is 23.9 Å². The predicted octanol–water partition coefficient (Wildman–Crippen LogP) is -0.194. The van der Waals surface area contributed by atoms with E-state index in [-0.39, 0.29) is 119 Å². The number of hydrogen-bond donors (Lipinski definition) is 8. The van der Waals surface area contributed by atoms with Crippen molar-refractivity contribution in [2.24, 2.45) is 28.2 Å². The minimum Gasteiger partial charge on any atom is -0.379 e. The van der Waals surface area contributed by atoms with Gasteiger partial charge in [-0.1, -0.05) is 48.5 Å². The maximum Gasteiger partial charge on any atom is 0.239 e. The Morgan fingerprint density at radius 2 is 0.362 bits per heavy atom. The molecule has 0 fully saturated rings. The van der Waals surface area contributed by atoms with Gasteiger partial charge >= 0.3 is 0 Å². The van der Waals surface area contributed by atoms with Crippen LogP contribution in [0.4, 0.5) is 0 Å². The normalized spacial score (nSPS) is 12.4. The first-order chi connectivity index (χ1) is 56.4. The summed E-state index contributed by atoms with van der Waals surface area (Å²) >= 11 is 0. The largest absolute Gasteiger partial charge is 0.379 e. The van der Waals surface area contributed by atoms with E-state index in [9.17, 15) is 28.8 Å². The van der Waals surface area contributed by atoms with Gasteiger partial charge in [-0.3, -0.25) is 28.8 Å². The van der Waals surface area contributed by atoms with Gasteiger partial charge in [0, 0.05) is 78.2 Å². The highest BCUT2D eigenvalue weighted by Gasteiger charge is 2.34. The second-order valence-corrected chi connectivity index (χ2v) is 27.8. The molecule has 0 saturated carbocycles. The van der Waals surface area contributed by atoms with Gasteiger partial charge in [0.2, 0.25) is 35.4 Å². The zero-order chi connectivity index (χ0) is 84.8. The summed E-state index contributed by atoms with van der Waals surface area (Å²) in [7, 11) is 0. The molecule has 0 aromatic carbocycles. The summed E-state index contributed by atoms with van der Waals surface area (Å²) in [5.41, 5.74) is 12.3. The Balaban J connectivity index is 3.44. The van der Waals surface area contributed by atoms with Crippen LogP contribution >= 0.6 is 0 Å². The molecule has 0 radical (unpaired) electrons. The molecule has 6 amide bonds. The quantitative estimate of drug-likeness (QED) is 0.0366.